The lowest BCUT2D eigenvalue weighted by atomic mass is 10.0. The molecule has 124 valence electrons. The summed E-state index contributed by atoms with van der Waals surface area (Å²) in [5.74, 6) is 0.256. The Hall–Kier alpha value is -2.40. The van der Waals surface area contributed by atoms with E-state index in [2.05, 4.69) is 19.2 Å². The third kappa shape index (κ3) is 3.12. The van der Waals surface area contributed by atoms with Crippen molar-refractivity contribution in [2.24, 2.45) is 0 Å². The van der Waals surface area contributed by atoms with Gasteiger partial charge in [0.05, 0.1) is 10.1 Å². The smallest absolute Gasteiger partial charge is 0.269 e. The van der Waals surface area contributed by atoms with Crippen LogP contribution in [0.5, 0.6) is 0 Å². The molecule has 0 saturated carbocycles. The normalized spacial score (nSPS) is 12.5. The van der Waals surface area contributed by atoms with E-state index < -0.39 is 6.04 Å². The van der Waals surface area contributed by atoms with Crippen LogP contribution >= 0.6 is 11.5 Å². The van der Waals surface area contributed by atoms with Crippen molar-refractivity contribution in [3.63, 3.8) is 0 Å². The molecule has 0 unspecified atom stereocenters. The molecule has 4 nitrogen and oxygen atoms in total. The van der Waals surface area contributed by atoms with Gasteiger partial charge in [0.25, 0.3) is 5.56 Å². The summed E-state index contributed by atoms with van der Waals surface area (Å²) in [6.45, 7) is 6.00. The van der Waals surface area contributed by atoms with Gasteiger partial charge in [0.2, 0.25) is 5.91 Å². The first-order valence-corrected chi connectivity index (χ1v) is 8.76. The highest BCUT2D eigenvalue weighted by molar-refractivity contribution is 7.14. The minimum atomic E-state index is -0.556. The number of aromatic nitrogens is 1. The lowest BCUT2D eigenvalue weighted by Crippen LogP contribution is -2.28. The van der Waals surface area contributed by atoms with Crippen LogP contribution in [-0.2, 0) is 4.79 Å². The predicted molar refractivity (Wildman–Crippen MR) is 100.0 cm³/mol. The number of nitrogens with zero attached hydrogens (tertiary/aromatic N) is 1. The Morgan fingerprint density at radius 2 is 1.71 bits per heavy atom. The summed E-state index contributed by atoms with van der Waals surface area (Å²) in [6, 6.07) is 14.7. The van der Waals surface area contributed by atoms with Crippen molar-refractivity contribution >= 4 is 33.2 Å². The standard InChI is InChI=1S/C19H20N2O2S/c1-12(2)14-8-10-15(11-9-14)20-18(22)13(3)21-19(23)16-6-4-5-7-17(16)24-21/h4-13H,1-3H3,(H,20,22)/t13-/m1/s1. The molecule has 1 aromatic heterocycles. The molecule has 0 aliphatic carbocycles. The van der Waals surface area contributed by atoms with Gasteiger partial charge in [-0.15, -0.1) is 0 Å². The van der Waals surface area contributed by atoms with Crippen LogP contribution in [0.1, 0.15) is 38.3 Å². The number of amides is 1. The van der Waals surface area contributed by atoms with Crippen LogP contribution in [-0.4, -0.2) is 9.86 Å². The van der Waals surface area contributed by atoms with Crippen molar-refractivity contribution in [3.05, 3.63) is 64.4 Å². The van der Waals surface area contributed by atoms with E-state index in [-0.39, 0.29) is 11.5 Å². The molecule has 0 spiro atoms. The van der Waals surface area contributed by atoms with Crippen molar-refractivity contribution in [3.8, 4) is 0 Å². The number of fused-ring (bicyclic) bond motifs is 1. The van der Waals surface area contributed by atoms with E-state index in [9.17, 15) is 9.59 Å². The average molecular weight is 340 g/mol. The van der Waals surface area contributed by atoms with Gasteiger partial charge < -0.3 is 5.32 Å². The average Bonchev–Trinajstić information content (AvgIpc) is 2.92. The van der Waals surface area contributed by atoms with Gasteiger partial charge >= 0.3 is 0 Å². The second-order valence-corrected chi connectivity index (χ2v) is 7.18. The third-order valence-corrected chi connectivity index (χ3v) is 5.32. The summed E-state index contributed by atoms with van der Waals surface area (Å²) in [7, 11) is 0. The Balaban J connectivity index is 1.81. The van der Waals surface area contributed by atoms with E-state index in [4.69, 9.17) is 0 Å². The van der Waals surface area contributed by atoms with Crippen molar-refractivity contribution in [2.45, 2.75) is 32.7 Å². The quantitative estimate of drug-likeness (QED) is 0.766. The first-order valence-electron chi connectivity index (χ1n) is 7.98. The van der Waals surface area contributed by atoms with Gasteiger partial charge in [0, 0.05) is 5.69 Å². The lowest BCUT2D eigenvalue weighted by Gasteiger charge is -2.13. The zero-order valence-corrected chi connectivity index (χ0v) is 14.8. The highest BCUT2D eigenvalue weighted by atomic mass is 32.1. The van der Waals surface area contributed by atoms with Gasteiger partial charge in [-0.1, -0.05) is 49.6 Å². The van der Waals surface area contributed by atoms with Crippen LogP contribution in [0.4, 0.5) is 5.69 Å². The summed E-state index contributed by atoms with van der Waals surface area (Å²) in [5, 5.41) is 3.54. The second kappa shape index (κ2) is 6.61. The third-order valence-electron chi connectivity index (χ3n) is 4.09. The highest BCUT2D eigenvalue weighted by Crippen LogP contribution is 2.21. The van der Waals surface area contributed by atoms with Gasteiger partial charge in [0.1, 0.15) is 6.04 Å². The lowest BCUT2D eigenvalue weighted by molar-refractivity contribution is -0.118. The molecule has 0 fully saturated rings. The molecule has 5 heteroatoms. The van der Waals surface area contributed by atoms with Crippen LogP contribution in [0.3, 0.4) is 0 Å². The fourth-order valence-corrected chi connectivity index (χ4v) is 3.59. The molecule has 0 saturated heterocycles. The van der Waals surface area contributed by atoms with Gasteiger partial charge in [-0.05, 0) is 42.7 Å². The molecule has 0 radical (unpaired) electrons. The number of hydrogen-bond acceptors (Lipinski definition) is 3. The molecule has 0 aliphatic heterocycles. The van der Waals surface area contributed by atoms with Gasteiger partial charge in [-0.25, -0.2) is 0 Å². The van der Waals surface area contributed by atoms with E-state index in [0.717, 1.165) is 10.4 Å². The van der Waals surface area contributed by atoms with Crippen LogP contribution in [0.2, 0.25) is 0 Å². The van der Waals surface area contributed by atoms with Crippen molar-refractivity contribution in [1.29, 1.82) is 0 Å². The molecule has 1 atom stereocenters. The maximum Gasteiger partial charge on any atom is 0.269 e. The minimum Gasteiger partial charge on any atom is -0.324 e. The summed E-state index contributed by atoms with van der Waals surface area (Å²) in [5.41, 5.74) is 1.85. The van der Waals surface area contributed by atoms with Crippen molar-refractivity contribution < 1.29 is 4.79 Å². The van der Waals surface area contributed by atoms with Crippen LogP contribution in [0.25, 0.3) is 10.1 Å². The summed E-state index contributed by atoms with van der Waals surface area (Å²) < 4.78 is 2.42. The Bertz CT molecular complexity index is 922. The monoisotopic (exact) mass is 340 g/mol. The first-order chi connectivity index (χ1) is 11.5. The molecular weight excluding hydrogens is 320 g/mol. The predicted octanol–water partition coefficient (Wildman–Crippen LogP) is 4.39. The maximum atomic E-state index is 12.5. The van der Waals surface area contributed by atoms with Crippen molar-refractivity contribution in [1.82, 2.24) is 3.96 Å². The number of hydrogen-bond donors (Lipinski definition) is 1. The fourth-order valence-electron chi connectivity index (χ4n) is 2.55. The van der Waals surface area contributed by atoms with Crippen molar-refractivity contribution in [2.75, 3.05) is 5.32 Å². The Kier molecular flexibility index (Phi) is 4.53. The van der Waals surface area contributed by atoms with Crippen LogP contribution < -0.4 is 10.9 Å². The molecule has 3 aromatic rings. The number of benzene rings is 2. The first kappa shape index (κ1) is 16.5. The highest BCUT2D eigenvalue weighted by Gasteiger charge is 2.19. The number of anilines is 1. The maximum absolute atomic E-state index is 12.5. The molecule has 3 rings (SSSR count). The topological polar surface area (TPSA) is 51.1 Å². The Labute approximate surface area is 144 Å². The number of carbonyl (C=O) groups excluding carboxylic acids is 1. The van der Waals surface area contributed by atoms with E-state index in [1.165, 1.54) is 21.1 Å². The van der Waals surface area contributed by atoms with E-state index in [1.54, 1.807) is 13.0 Å². The zero-order chi connectivity index (χ0) is 17.3. The van der Waals surface area contributed by atoms with Crippen LogP contribution in [0.15, 0.2) is 53.3 Å². The van der Waals surface area contributed by atoms with E-state index in [0.29, 0.717) is 11.3 Å². The molecule has 1 heterocycles. The SMILES string of the molecule is CC(C)c1ccc(NC(=O)[C@@H](C)n2sc3ccccc3c2=O)cc1. The van der Waals surface area contributed by atoms with E-state index in [1.807, 2.05) is 42.5 Å². The van der Waals surface area contributed by atoms with Gasteiger partial charge in [-0.2, -0.15) is 0 Å². The molecule has 1 amide bonds. The largest absolute Gasteiger partial charge is 0.324 e. The molecule has 0 aliphatic rings. The van der Waals surface area contributed by atoms with E-state index >= 15 is 0 Å². The zero-order valence-electron chi connectivity index (χ0n) is 13.9. The number of rotatable bonds is 4. The summed E-state index contributed by atoms with van der Waals surface area (Å²) in [4.78, 5) is 24.9. The molecule has 0 bridgehead atoms. The Morgan fingerprint density at radius 3 is 2.33 bits per heavy atom. The van der Waals surface area contributed by atoms with Gasteiger partial charge in [0.15, 0.2) is 0 Å². The molecule has 2 aromatic carbocycles. The Morgan fingerprint density at radius 1 is 1.04 bits per heavy atom. The van der Waals surface area contributed by atoms with Crippen LogP contribution in [0, 0.1) is 0 Å². The second-order valence-electron chi connectivity index (χ2n) is 6.16. The molecule has 1 N–H and O–H groups in total. The summed E-state index contributed by atoms with van der Waals surface area (Å²) >= 11 is 1.32. The number of carbonyl (C=O) groups is 1. The number of nitrogens with one attached hydrogen (secondary N) is 1. The molecule has 24 heavy (non-hydrogen) atoms. The minimum absolute atomic E-state index is 0.117. The summed E-state index contributed by atoms with van der Waals surface area (Å²) in [6.07, 6.45) is 0. The van der Waals surface area contributed by atoms with Gasteiger partial charge in [-0.3, -0.25) is 13.5 Å². The molecular formula is C19H20N2O2S. The fraction of sp³-hybridized carbons (Fsp3) is 0.263.